The van der Waals surface area contributed by atoms with Gasteiger partial charge in [0, 0.05) is 39.3 Å². The Morgan fingerprint density at radius 2 is 1.94 bits per heavy atom. The predicted octanol–water partition coefficient (Wildman–Crippen LogP) is 3.62. The number of rotatable bonds is 10. The number of carbonyl (C=O) groups is 1. The first-order valence-electron chi connectivity index (χ1n) is 11.5. The number of benzene rings is 1. The van der Waals surface area contributed by atoms with Crippen LogP contribution in [0, 0.1) is 5.92 Å². The van der Waals surface area contributed by atoms with Gasteiger partial charge in [0.1, 0.15) is 0 Å². The summed E-state index contributed by atoms with van der Waals surface area (Å²) in [6, 6.07) is 7.87. The molecule has 31 heavy (non-hydrogen) atoms. The topological polar surface area (TPSA) is 60.0 Å². The zero-order chi connectivity index (χ0) is 21.8. The van der Waals surface area contributed by atoms with Crippen LogP contribution in [0.25, 0.3) is 0 Å². The molecule has 2 N–H and O–H groups in total. The lowest BCUT2D eigenvalue weighted by molar-refractivity contribution is 0.0827. The molecule has 0 saturated carbocycles. The third kappa shape index (κ3) is 10.7. The van der Waals surface area contributed by atoms with Gasteiger partial charge in [-0.05, 0) is 82.3 Å². The minimum absolute atomic E-state index is 0. The van der Waals surface area contributed by atoms with E-state index in [4.69, 9.17) is 4.99 Å². The van der Waals surface area contributed by atoms with Crippen LogP contribution in [0.5, 0.6) is 0 Å². The quantitative estimate of drug-likeness (QED) is 0.205. The van der Waals surface area contributed by atoms with Crippen molar-refractivity contribution in [2.75, 3.05) is 53.4 Å². The molecule has 1 saturated heterocycles. The molecule has 2 rings (SSSR count). The van der Waals surface area contributed by atoms with Gasteiger partial charge < -0.3 is 20.4 Å². The Labute approximate surface area is 206 Å². The number of hydrogen-bond acceptors (Lipinski definition) is 3. The van der Waals surface area contributed by atoms with Gasteiger partial charge in [0.25, 0.3) is 5.91 Å². The van der Waals surface area contributed by atoms with Crippen molar-refractivity contribution >= 4 is 35.8 Å². The lowest BCUT2D eigenvalue weighted by atomic mass is 9.99. The first-order chi connectivity index (χ1) is 14.5. The van der Waals surface area contributed by atoms with Crippen molar-refractivity contribution in [1.29, 1.82) is 0 Å². The summed E-state index contributed by atoms with van der Waals surface area (Å²) in [5.74, 6) is 1.82. The SMILES string of the molecule is CCNC(=NCCCCN1CCC(C)CC1)NCCc1cccc(C(=O)N(C)C)c1.I. The summed E-state index contributed by atoms with van der Waals surface area (Å²) < 4.78 is 0. The van der Waals surface area contributed by atoms with Crippen LogP contribution in [-0.2, 0) is 6.42 Å². The van der Waals surface area contributed by atoms with Crippen molar-refractivity contribution in [3.05, 3.63) is 35.4 Å². The highest BCUT2D eigenvalue weighted by Crippen LogP contribution is 2.16. The average molecular weight is 544 g/mol. The number of halogens is 1. The van der Waals surface area contributed by atoms with Gasteiger partial charge in [0.05, 0.1) is 0 Å². The number of hydrogen-bond donors (Lipinski definition) is 2. The second-order valence-electron chi connectivity index (χ2n) is 8.57. The van der Waals surface area contributed by atoms with Crippen molar-refractivity contribution in [3.8, 4) is 0 Å². The molecule has 6 nitrogen and oxygen atoms in total. The van der Waals surface area contributed by atoms with Crippen molar-refractivity contribution in [3.63, 3.8) is 0 Å². The van der Waals surface area contributed by atoms with E-state index in [2.05, 4.69) is 35.4 Å². The molecule has 0 unspecified atom stereocenters. The molecule has 0 atom stereocenters. The van der Waals surface area contributed by atoms with E-state index in [1.54, 1.807) is 19.0 Å². The minimum Gasteiger partial charge on any atom is -0.357 e. The van der Waals surface area contributed by atoms with Crippen LogP contribution in [0.2, 0.25) is 0 Å². The number of carbonyl (C=O) groups excluding carboxylic acids is 1. The summed E-state index contributed by atoms with van der Waals surface area (Å²) in [5, 5.41) is 6.75. The lowest BCUT2D eigenvalue weighted by Gasteiger charge is -2.30. The predicted molar refractivity (Wildman–Crippen MR) is 142 cm³/mol. The van der Waals surface area contributed by atoms with E-state index in [1.807, 2.05) is 18.2 Å². The van der Waals surface area contributed by atoms with Crippen LogP contribution in [0.4, 0.5) is 0 Å². The summed E-state index contributed by atoms with van der Waals surface area (Å²) in [4.78, 5) is 21.1. The molecule has 1 amide bonds. The van der Waals surface area contributed by atoms with Crippen LogP contribution >= 0.6 is 24.0 Å². The Morgan fingerprint density at radius 3 is 2.61 bits per heavy atom. The fourth-order valence-electron chi connectivity index (χ4n) is 3.71. The molecular formula is C24H42IN5O. The van der Waals surface area contributed by atoms with Gasteiger partial charge >= 0.3 is 0 Å². The van der Waals surface area contributed by atoms with E-state index in [9.17, 15) is 4.79 Å². The first kappa shape index (κ1) is 27.7. The highest BCUT2D eigenvalue weighted by molar-refractivity contribution is 14.0. The largest absolute Gasteiger partial charge is 0.357 e. The molecule has 7 heteroatoms. The number of aliphatic imine (C=N–C) groups is 1. The second-order valence-corrected chi connectivity index (χ2v) is 8.57. The average Bonchev–Trinajstić information content (AvgIpc) is 2.74. The fourth-order valence-corrected chi connectivity index (χ4v) is 3.71. The molecular weight excluding hydrogens is 501 g/mol. The monoisotopic (exact) mass is 543 g/mol. The molecule has 1 aliphatic heterocycles. The van der Waals surface area contributed by atoms with E-state index in [-0.39, 0.29) is 29.9 Å². The Balaban J connectivity index is 0.00000480. The van der Waals surface area contributed by atoms with Crippen LogP contribution in [-0.4, -0.2) is 75.0 Å². The molecule has 1 aliphatic rings. The standard InChI is InChI=1S/C24H41N5O.HI/c1-5-25-24(26-14-6-7-16-29-17-12-20(2)13-18-29)27-15-11-21-9-8-10-22(19-21)23(30)28(3)4;/h8-10,19-20H,5-7,11-18H2,1-4H3,(H2,25,26,27);1H. The molecule has 1 aromatic carbocycles. The fraction of sp³-hybridized carbons (Fsp3) is 0.667. The Hall–Kier alpha value is -1.35. The maximum atomic E-state index is 12.1. The summed E-state index contributed by atoms with van der Waals surface area (Å²) in [6.45, 7) is 10.7. The van der Waals surface area contributed by atoms with Gasteiger partial charge in [-0.25, -0.2) is 0 Å². The van der Waals surface area contributed by atoms with Crippen molar-refractivity contribution in [2.45, 2.75) is 46.0 Å². The summed E-state index contributed by atoms with van der Waals surface area (Å²) in [7, 11) is 3.56. The van der Waals surface area contributed by atoms with Crippen LogP contribution in [0.1, 0.15) is 55.5 Å². The summed E-state index contributed by atoms with van der Waals surface area (Å²) in [5.41, 5.74) is 1.89. The molecule has 0 radical (unpaired) electrons. The minimum atomic E-state index is 0. The van der Waals surface area contributed by atoms with Crippen molar-refractivity contribution in [1.82, 2.24) is 20.4 Å². The highest BCUT2D eigenvalue weighted by atomic mass is 127. The van der Waals surface area contributed by atoms with Crippen molar-refractivity contribution in [2.24, 2.45) is 10.9 Å². The number of piperidine rings is 1. The lowest BCUT2D eigenvalue weighted by Crippen LogP contribution is -2.38. The van der Waals surface area contributed by atoms with Crippen LogP contribution in [0.15, 0.2) is 29.3 Å². The third-order valence-electron chi connectivity index (χ3n) is 5.66. The molecule has 1 heterocycles. The highest BCUT2D eigenvalue weighted by Gasteiger charge is 2.14. The molecule has 0 aliphatic carbocycles. The number of guanidine groups is 1. The van der Waals surface area contributed by atoms with Gasteiger partial charge in [0.15, 0.2) is 5.96 Å². The van der Waals surface area contributed by atoms with Gasteiger partial charge in [0.2, 0.25) is 0 Å². The van der Waals surface area contributed by atoms with Crippen LogP contribution < -0.4 is 10.6 Å². The number of nitrogens with one attached hydrogen (secondary N) is 2. The summed E-state index contributed by atoms with van der Waals surface area (Å²) in [6.07, 6.45) is 5.88. The molecule has 1 aromatic rings. The third-order valence-corrected chi connectivity index (χ3v) is 5.66. The van der Waals surface area contributed by atoms with Gasteiger partial charge in [-0.1, -0.05) is 19.1 Å². The van der Waals surface area contributed by atoms with E-state index in [1.165, 1.54) is 38.9 Å². The Morgan fingerprint density at radius 1 is 1.19 bits per heavy atom. The van der Waals surface area contributed by atoms with E-state index in [0.29, 0.717) is 0 Å². The molecule has 1 fully saturated rings. The Bertz CT molecular complexity index is 672. The van der Waals surface area contributed by atoms with Gasteiger partial charge in [-0.2, -0.15) is 0 Å². The number of amides is 1. The normalized spacial score (nSPS) is 15.3. The van der Waals surface area contributed by atoms with E-state index in [0.717, 1.165) is 55.5 Å². The van der Waals surface area contributed by atoms with E-state index >= 15 is 0 Å². The maximum absolute atomic E-state index is 12.1. The summed E-state index contributed by atoms with van der Waals surface area (Å²) >= 11 is 0. The Kier molecular flexibility index (Phi) is 13.8. The number of unbranched alkanes of at least 4 members (excludes halogenated alkanes) is 1. The number of nitrogens with zero attached hydrogens (tertiary/aromatic N) is 3. The molecule has 0 aromatic heterocycles. The second kappa shape index (κ2) is 15.5. The van der Waals surface area contributed by atoms with Crippen LogP contribution in [0.3, 0.4) is 0 Å². The molecule has 176 valence electrons. The van der Waals surface area contributed by atoms with Crippen molar-refractivity contribution < 1.29 is 4.79 Å². The van der Waals surface area contributed by atoms with E-state index < -0.39 is 0 Å². The first-order valence-corrected chi connectivity index (χ1v) is 11.5. The zero-order valence-electron chi connectivity index (χ0n) is 19.8. The van der Waals surface area contributed by atoms with Gasteiger partial charge in [-0.15, -0.1) is 24.0 Å². The molecule has 0 bridgehead atoms. The smallest absolute Gasteiger partial charge is 0.253 e. The number of likely N-dealkylation sites (tertiary alicyclic amines) is 1. The maximum Gasteiger partial charge on any atom is 0.253 e. The van der Waals surface area contributed by atoms with Gasteiger partial charge in [-0.3, -0.25) is 9.79 Å². The molecule has 0 spiro atoms. The zero-order valence-corrected chi connectivity index (χ0v) is 22.2.